The van der Waals surface area contributed by atoms with E-state index in [1.807, 2.05) is 59.7 Å². The van der Waals surface area contributed by atoms with Crippen LogP contribution < -0.4 is 10.6 Å². The van der Waals surface area contributed by atoms with E-state index in [1.54, 1.807) is 23.3 Å². The number of ether oxygens (including phenoxy) is 2. The van der Waals surface area contributed by atoms with Crippen molar-refractivity contribution in [2.75, 3.05) is 32.1 Å². The molecular formula is C28H40N4O4S2. The van der Waals surface area contributed by atoms with Crippen molar-refractivity contribution in [3.8, 4) is 10.6 Å². The van der Waals surface area contributed by atoms with E-state index < -0.39 is 5.60 Å². The van der Waals surface area contributed by atoms with Crippen LogP contribution in [-0.2, 0) is 27.2 Å². The lowest BCUT2D eigenvalue weighted by molar-refractivity contribution is -0.116. The van der Waals surface area contributed by atoms with Crippen molar-refractivity contribution in [1.82, 2.24) is 15.2 Å². The summed E-state index contributed by atoms with van der Waals surface area (Å²) >= 11 is 3.15. The zero-order chi connectivity index (χ0) is 27.9. The minimum absolute atomic E-state index is 0.0383. The van der Waals surface area contributed by atoms with Gasteiger partial charge in [-0.1, -0.05) is 26.0 Å². The third kappa shape index (κ3) is 7.53. The molecule has 4 rings (SSSR count). The summed E-state index contributed by atoms with van der Waals surface area (Å²) in [4.78, 5) is 33.5. The van der Waals surface area contributed by atoms with E-state index in [0.29, 0.717) is 39.1 Å². The summed E-state index contributed by atoms with van der Waals surface area (Å²) < 4.78 is 11.8. The van der Waals surface area contributed by atoms with Crippen molar-refractivity contribution in [2.24, 2.45) is 0 Å². The molecule has 0 aliphatic carbocycles. The predicted octanol–water partition coefficient (Wildman–Crippen LogP) is 6.30. The fourth-order valence-corrected chi connectivity index (χ4v) is 6.48. The van der Waals surface area contributed by atoms with Gasteiger partial charge in [0.05, 0.1) is 23.4 Å². The zero-order valence-electron chi connectivity index (χ0n) is 23.5. The van der Waals surface area contributed by atoms with Crippen LogP contribution in [0.4, 0.5) is 9.80 Å². The number of thiophene rings is 1. The molecule has 8 nitrogen and oxygen atoms in total. The molecule has 0 radical (unpaired) electrons. The van der Waals surface area contributed by atoms with E-state index >= 15 is 0 Å². The Bertz CT molecular complexity index is 1200. The van der Waals surface area contributed by atoms with Crippen LogP contribution >= 0.6 is 22.7 Å². The Balaban J connectivity index is 0.00000195. The van der Waals surface area contributed by atoms with Crippen LogP contribution in [-0.4, -0.2) is 60.3 Å². The highest BCUT2D eigenvalue weighted by molar-refractivity contribution is 7.22. The highest BCUT2D eigenvalue weighted by atomic mass is 32.1. The number of rotatable bonds is 8. The van der Waals surface area contributed by atoms with Crippen LogP contribution in [0.25, 0.3) is 20.8 Å². The normalized spacial score (nSPS) is 15.0. The van der Waals surface area contributed by atoms with E-state index in [2.05, 4.69) is 16.7 Å². The Morgan fingerprint density at radius 2 is 1.89 bits per heavy atom. The Morgan fingerprint density at radius 1 is 1.16 bits per heavy atom. The van der Waals surface area contributed by atoms with Gasteiger partial charge in [0.2, 0.25) is 5.91 Å². The smallest absolute Gasteiger partial charge is 0.410 e. The van der Waals surface area contributed by atoms with Gasteiger partial charge in [0.25, 0.3) is 0 Å². The Labute approximate surface area is 233 Å². The Kier molecular flexibility index (Phi) is 10.7. The van der Waals surface area contributed by atoms with E-state index in [4.69, 9.17) is 14.5 Å². The molecule has 1 aliphatic heterocycles. The highest BCUT2D eigenvalue weighted by Gasteiger charge is 2.35. The van der Waals surface area contributed by atoms with Crippen molar-refractivity contribution in [3.63, 3.8) is 0 Å². The summed E-state index contributed by atoms with van der Waals surface area (Å²) in [6.07, 6.45) is 0.708. The first-order valence-electron chi connectivity index (χ1n) is 13.2. The van der Waals surface area contributed by atoms with Crippen LogP contribution in [0, 0.1) is 0 Å². The number of carbonyl (C=O) groups excluding carboxylic acids is 2. The summed E-state index contributed by atoms with van der Waals surface area (Å²) in [5.74, 6) is -0.0575. The minimum Gasteiger partial charge on any atom is -0.444 e. The number of nitrogens with one attached hydrogen (secondary N) is 2. The number of aromatic nitrogens is 1. The van der Waals surface area contributed by atoms with Gasteiger partial charge in [0.15, 0.2) is 0 Å². The fraction of sp³-hybridized carbons (Fsp3) is 0.536. The van der Waals surface area contributed by atoms with Crippen LogP contribution in [0.1, 0.15) is 58.4 Å². The molecule has 2 N–H and O–H groups in total. The van der Waals surface area contributed by atoms with Crippen LogP contribution in [0.2, 0.25) is 0 Å². The molecule has 1 aliphatic rings. The molecule has 1 atom stereocenters. The molecule has 1 unspecified atom stereocenters. The fourth-order valence-electron chi connectivity index (χ4n) is 4.12. The quantitative estimate of drug-likeness (QED) is 0.314. The van der Waals surface area contributed by atoms with Crippen molar-refractivity contribution in [3.05, 3.63) is 34.7 Å². The second-order valence-electron chi connectivity index (χ2n) is 9.90. The summed E-state index contributed by atoms with van der Waals surface area (Å²) in [5, 5.41) is 8.03. The Morgan fingerprint density at radius 3 is 2.58 bits per heavy atom. The largest absolute Gasteiger partial charge is 0.444 e. The second-order valence-corrected chi connectivity index (χ2v) is 12.0. The van der Waals surface area contributed by atoms with Crippen LogP contribution in [0.3, 0.4) is 0 Å². The van der Waals surface area contributed by atoms with Crippen molar-refractivity contribution in [2.45, 2.75) is 72.6 Å². The van der Waals surface area contributed by atoms with E-state index in [1.165, 1.54) is 11.3 Å². The van der Waals surface area contributed by atoms with Crippen molar-refractivity contribution in [1.29, 1.82) is 0 Å². The van der Waals surface area contributed by atoms with Gasteiger partial charge >= 0.3 is 6.09 Å². The van der Waals surface area contributed by atoms with Gasteiger partial charge in [-0.15, -0.1) is 22.7 Å². The second kappa shape index (κ2) is 13.5. The number of hydrogen-bond acceptors (Lipinski definition) is 8. The number of nitrogens with zero attached hydrogens (tertiary/aromatic N) is 2. The van der Waals surface area contributed by atoms with Gasteiger partial charge in [-0.25, -0.2) is 9.78 Å². The molecule has 10 heteroatoms. The molecule has 208 valence electrons. The number of fused-ring (bicyclic) bond motifs is 2. The third-order valence-electron chi connectivity index (χ3n) is 5.84. The molecular weight excluding hydrogens is 520 g/mol. The molecule has 38 heavy (non-hydrogen) atoms. The minimum atomic E-state index is -0.560. The van der Waals surface area contributed by atoms with Gasteiger partial charge in [0, 0.05) is 43.1 Å². The van der Waals surface area contributed by atoms with Gasteiger partial charge < -0.3 is 25.0 Å². The topological polar surface area (TPSA) is 92.8 Å². The number of anilines is 1. The summed E-state index contributed by atoms with van der Waals surface area (Å²) in [5.41, 5.74) is 2.51. The first-order chi connectivity index (χ1) is 18.2. The van der Waals surface area contributed by atoms with Gasteiger partial charge in [-0.3, -0.25) is 4.79 Å². The van der Waals surface area contributed by atoms with Crippen molar-refractivity contribution < 1.29 is 19.1 Å². The average Bonchev–Trinajstić information content (AvgIpc) is 3.43. The molecule has 3 aromatic rings. The first kappa shape index (κ1) is 30.0. The van der Waals surface area contributed by atoms with E-state index in [0.717, 1.165) is 36.2 Å². The number of carbonyl (C=O) groups is 2. The number of methoxy groups -OCH3 is 1. The third-order valence-corrected chi connectivity index (χ3v) is 8.02. The lowest BCUT2D eigenvalue weighted by Crippen LogP contribution is -2.44. The average molecular weight is 561 g/mol. The maximum absolute atomic E-state index is 12.9. The SMILES string of the molecule is CC.COCCNCCC(=O)Nc1sc2c(c1-c1nc3ccccc3s1)CC(C)N(C(=O)OC(C)(C)C)C2. The number of thiazole rings is 1. The predicted molar refractivity (Wildman–Crippen MR) is 157 cm³/mol. The van der Waals surface area contributed by atoms with E-state index in [-0.39, 0.29) is 18.0 Å². The first-order valence-corrected chi connectivity index (χ1v) is 14.8. The highest BCUT2D eigenvalue weighted by Crippen LogP contribution is 2.46. The van der Waals surface area contributed by atoms with E-state index in [9.17, 15) is 9.59 Å². The lowest BCUT2D eigenvalue weighted by atomic mass is 9.97. The van der Waals surface area contributed by atoms with Crippen LogP contribution in [0.5, 0.6) is 0 Å². The molecule has 2 amide bonds. The maximum Gasteiger partial charge on any atom is 0.410 e. The number of benzene rings is 1. The molecule has 1 aromatic carbocycles. The van der Waals surface area contributed by atoms with Gasteiger partial charge in [-0.05, 0) is 51.8 Å². The molecule has 0 saturated heterocycles. The zero-order valence-corrected chi connectivity index (χ0v) is 25.1. The maximum atomic E-state index is 12.9. The molecule has 3 heterocycles. The lowest BCUT2D eigenvalue weighted by Gasteiger charge is -2.35. The van der Waals surface area contributed by atoms with Crippen LogP contribution in [0.15, 0.2) is 24.3 Å². The molecule has 0 spiro atoms. The molecule has 0 saturated carbocycles. The molecule has 0 fully saturated rings. The van der Waals surface area contributed by atoms with Gasteiger partial charge in [0.1, 0.15) is 15.6 Å². The monoisotopic (exact) mass is 560 g/mol. The summed E-state index contributed by atoms with van der Waals surface area (Å²) in [7, 11) is 1.65. The molecule has 2 aromatic heterocycles. The van der Waals surface area contributed by atoms with Crippen molar-refractivity contribution >= 4 is 49.9 Å². The standard InChI is InChI=1S/C26H34N4O4S2.C2H6/c1-16-14-17-20(15-30(16)25(32)34-26(2,3)4)36-24(29-21(31)10-11-27-12-13-33-5)22(17)23-28-18-8-6-7-9-19(18)35-23;1-2/h6-9,16,27H,10-15H2,1-5H3,(H,29,31);1-2H3. The summed E-state index contributed by atoms with van der Waals surface area (Å²) in [6.45, 7) is 14.0. The molecule has 0 bridgehead atoms. The number of para-hydroxylation sites is 1. The number of amides is 2. The Hall–Kier alpha value is -2.53. The number of hydrogen-bond donors (Lipinski definition) is 2. The summed E-state index contributed by atoms with van der Waals surface area (Å²) in [6, 6.07) is 8.02. The van der Waals surface area contributed by atoms with Gasteiger partial charge in [-0.2, -0.15) is 0 Å².